The van der Waals surface area contributed by atoms with Gasteiger partial charge in [-0.3, -0.25) is 4.57 Å². The summed E-state index contributed by atoms with van der Waals surface area (Å²) < 4.78 is 3.98. The van der Waals surface area contributed by atoms with Crippen molar-refractivity contribution in [1.82, 2.24) is 9.55 Å². The maximum Gasteiger partial charge on any atom is 0.238 e. The summed E-state index contributed by atoms with van der Waals surface area (Å²) in [6, 6.07) is 0. The first-order valence-electron chi connectivity index (χ1n) is 5.47. The Hall–Kier alpha value is -0.806. The largest absolute Gasteiger partial charge is 0.667 e. The zero-order valence-electron chi connectivity index (χ0n) is 11.1. The molecule has 0 aliphatic rings. The number of hydrogen-bond acceptors (Lipinski definition) is 2. The van der Waals surface area contributed by atoms with Crippen LogP contribution in [-0.4, -0.2) is 15.5 Å². The number of hydrogen-bond donors (Lipinski definition) is 0. The minimum absolute atomic E-state index is 0. The molecule has 0 aliphatic carbocycles. The Labute approximate surface area is 131 Å². The van der Waals surface area contributed by atoms with E-state index < -0.39 is 5.91 Å². The maximum absolute atomic E-state index is 11.0. The average molecular weight is 321 g/mol. The van der Waals surface area contributed by atoms with Crippen LogP contribution in [0.2, 0.25) is 0 Å². The van der Waals surface area contributed by atoms with Crippen molar-refractivity contribution < 1.29 is 42.1 Å². The maximum atomic E-state index is 11.0. The van der Waals surface area contributed by atoms with E-state index in [1.165, 1.54) is 0 Å². The third kappa shape index (κ3) is 2.47. The first-order valence-corrected chi connectivity index (χ1v) is 5.47. The van der Waals surface area contributed by atoms with E-state index in [0.29, 0.717) is 0 Å². The normalized spacial score (nSPS) is 10.4. The minimum atomic E-state index is -0.569. The monoisotopic (exact) mass is 321 g/mol. The Kier molecular flexibility index (Phi) is 4.62. The summed E-state index contributed by atoms with van der Waals surface area (Å²) in [4.78, 5) is 15.4. The van der Waals surface area contributed by atoms with E-state index in [2.05, 4.69) is 4.98 Å². The van der Waals surface area contributed by atoms with Crippen molar-refractivity contribution in [2.75, 3.05) is 0 Å². The van der Waals surface area contributed by atoms with Gasteiger partial charge < -0.3 is 10.5 Å². The summed E-state index contributed by atoms with van der Waals surface area (Å²) in [5.74, 6) is 0.361. The summed E-state index contributed by atoms with van der Waals surface area (Å²) in [6.07, 6.45) is 2.05. The third-order valence-corrected chi connectivity index (χ3v) is 3.07. The van der Waals surface area contributed by atoms with Gasteiger partial charge in [0.25, 0.3) is 0 Å². The molecule has 2 aromatic heterocycles. The molecular formula is C12H16N4OY. The second-order valence-corrected chi connectivity index (χ2v) is 4.37. The number of fused-ring (bicyclic) bond motifs is 1. The second kappa shape index (κ2) is 5.45. The van der Waals surface area contributed by atoms with Crippen molar-refractivity contribution in [2.24, 2.45) is 14.1 Å². The molecular weight excluding hydrogens is 305 g/mol. The molecule has 0 spiro atoms. The standard InChI is InChI=1S/C12H16N4O.Y/c1-7-11-9(5-10(13)17)6-15(3)12(11)16(4)8(2)14-7;/h6H,5H2,1-4H3,(H-,13,17);. The molecule has 2 heterocycles. The van der Waals surface area contributed by atoms with Crippen LogP contribution in [0.3, 0.4) is 0 Å². The second-order valence-electron chi connectivity index (χ2n) is 4.37. The van der Waals surface area contributed by atoms with E-state index in [1.54, 1.807) is 0 Å². The zero-order chi connectivity index (χ0) is 12.7. The molecule has 2 rings (SSSR count). The Morgan fingerprint density at radius 3 is 2.67 bits per heavy atom. The van der Waals surface area contributed by atoms with Crippen LogP contribution < -0.4 is 4.57 Å². The van der Waals surface area contributed by atoms with Gasteiger partial charge in [-0.05, 0) is 6.92 Å². The molecule has 0 fully saturated rings. The zero-order valence-corrected chi connectivity index (χ0v) is 13.9. The molecule has 2 aromatic rings. The minimum Gasteiger partial charge on any atom is -0.667 e. The number of aromatic nitrogens is 3. The van der Waals surface area contributed by atoms with Gasteiger partial charge in [0.2, 0.25) is 11.5 Å². The topological polar surface area (TPSA) is 62.6 Å². The van der Waals surface area contributed by atoms with Gasteiger partial charge in [0.15, 0.2) is 0 Å². The van der Waals surface area contributed by atoms with Crippen LogP contribution in [0, 0.1) is 13.8 Å². The van der Waals surface area contributed by atoms with Crippen LogP contribution in [0.4, 0.5) is 0 Å². The Morgan fingerprint density at radius 2 is 2.11 bits per heavy atom. The number of rotatable bonds is 2. The molecule has 18 heavy (non-hydrogen) atoms. The van der Waals surface area contributed by atoms with Gasteiger partial charge in [-0.25, -0.2) is 4.57 Å². The number of nitrogens with zero attached hydrogens (tertiary/aromatic N) is 3. The molecule has 1 amide bonds. The number of aryl methyl sites for hydroxylation is 4. The van der Waals surface area contributed by atoms with Gasteiger partial charge in [0.1, 0.15) is 5.69 Å². The van der Waals surface area contributed by atoms with E-state index in [4.69, 9.17) is 5.73 Å². The fourth-order valence-corrected chi connectivity index (χ4v) is 2.31. The van der Waals surface area contributed by atoms with E-state index in [9.17, 15) is 4.79 Å². The smallest absolute Gasteiger partial charge is 0.238 e. The van der Waals surface area contributed by atoms with Crippen LogP contribution in [0.1, 0.15) is 17.1 Å². The summed E-state index contributed by atoms with van der Waals surface area (Å²) in [5.41, 5.74) is 9.91. The van der Waals surface area contributed by atoms with E-state index in [1.807, 2.05) is 43.3 Å². The average Bonchev–Trinajstić information content (AvgIpc) is 2.51. The molecule has 1 N–H and O–H groups in total. The summed E-state index contributed by atoms with van der Waals surface area (Å²) in [5, 5.41) is 0.987. The number of carbonyl (C=O) groups is 1. The van der Waals surface area contributed by atoms with Crippen LogP contribution >= 0.6 is 0 Å². The number of amides is 1. The van der Waals surface area contributed by atoms with Gasteiger partial charge in [-0.15, -0.1) is 4.98 Å². The van der Waals surface area contributed by atoms with Crippen molar-refractivity contribution in [3.63, 3.8) is 0 Å². The van der Waals surface area contributed by atoms with E-state index >= 15 is 0 Å². The first kappa shape index (κ1) is 15.3. The Balaban J connectivity index is 0.00000162. The van der Waals surface area contributed by atoms with Crippen molar-refractivity contribution >= 4 is 16.9 Å². The van der Waals surface area contributed by atoms with Crippen molar-refractivity contribution in [1.29, 1.82) is 0 Å². The summed E-state index contributed by atoms with van der Waals surface area (Å²) >= 11 is 0. The van der Waals surface area contributed by atoms with Gasteiger partial charge in [-0.2, -0.15) is 0 Å². The van der Waals surface area contributed by atoms with Gasteiger partial charge in [0, 0.05) is 51.6 Å². The molecule has 0 aliphatic heterocycles. The Bertz CT molecular complexity index is 618. The summed E-state index contributed by atoms with van der Waals surface area (Å²) in [7, 11) is 3.90. The Morgan fingerprint density at radius 1 is 1.50 bits per heavy atom. The van der Waals surface area contributed by atoms with Crippen LogP contribution in [-0.2, 0) is 58.0 Å². The third-order valence-electron chi connectivity index (χ3n) is 3.07. The van der Waals surface area contributed by atoms with E-state index in [0.717, 1.165) is 28.1 Å². The molecule has 5 nitrogen and oxygen atoms in total. The van der Waals surface area contributed by atoms with Crippen LogP contribution in [0.25, 0.3) is 16.8 Å². The molecule has 0 saturated carbocycles. The first-order chi connectivity index (χ1) is 7.91. The summed E-state index contributed by atoms with van der Waals surface area (Å²) in [6.45, 7) is 3.89. The van der Waals surface area contributed by atoms with Crippen molar-refractivity contribution in [2.45, 2.75) is 20.3 Å². The fraction of sp³-hybridized carbons (Fsp3) is 0.417. The molecule has 0 aromatic carbocycles. The van der Waals surface area contributed by atoms with Crippen LogP contribution in [0.5, 0.6) is 0 Å². The van der Waals surface area contributed by atoms with Gasteiger partial charge in [-0.1, -0.05) is 0 Å². The van der Waals surface area contributed by atoms with Gasteiger partial charge >= 0.3 is 0 Å². The quantitative estimate of drug-likeness (QED) is 0.779. The molecule has 0 bridgehead atoms. The number of carbonyl (C=O) groups excluding carboxylic acids is 1. The molecule has 93 valence electrons. The van der Waals surface area contributed by atoms with Gasteiger partial charge in [0.05, 0.1) is 31.6 Å². The SMILES string of the molecule is Cc1nc(C)[n+](C)c2c1c(CC([NH-])=O)cn2C.[Y]. The van der Waals surface area contributed by atoms with Crippen molar-refractivity contribution in [3.8, 4) is 0 Å². The fourth-order valence-electron chi connectivity index (χ4n) is 2.31. The molecule has 6 heteroatoms. The predicted octanol–water partition coefficient (Wildman–Crippen LogP) is 1.13. The molecule has 0 unspecified atom stereocenters. The van der Waals surface area contributed by atoms with Crippen LogP contribution in [0.15, 0.2) is 6.20 Å². The molecule has 0 atom stereocenters. The molecule has 0 saturated heterocycles. The predicted molar refractivity (Wildman–Crippen MR) is 64.4 cm³/mol. The van der Waals surface area contributed by atoms with Crippen molar-refractivity contribution in [3.05, 3.63) is 29.0 Å². The van der Waals surface area contributed by atoms with E-state index in [-0.39, 0.29) is 39.1 Å². The molecule has 1 radical (unpaired) electrons. The number of nitrogens with one attached hydrogen (secondary N) is 1.